The van der Waals surface area contributed by atoms with Gasteiger partial charge in [-0.05, 0) is 17.7 Å². The average Bonchev–Trinajstić information content (AvgIpc) is 2.34. The van der Waals surface area contributed by atoms with Crippen molar-refractivity contribution in [2.75, 3.05) is 30.8 Å². The van der Waals surface area contributed by atoms with Crippen molar-refractivity contribution in [3.63, 3.8) is 0 Å². The summed E-state index contributed by atoms with van der Waals surface area (Å²) in [5.41, 5.74) is 0.620. The Bertz CT molecular complexity index is 671. The predicted molar refractivity (Wildman–Crippen MR) is 74.7 cm³/mol. The fourth-order valence-corrected chi connectivity index (χ4v) is 7.28. The second kappa shape index (κ2) is 5.25. The van der Waals surface area contributed by atoms with Gasteiger partial charge in [0.1, 0.15) is 0 Å². The minimum absolute atomic E-state index is 0.165. The van der Waals surface area contributed by atoms with Crippen LogP contribution in [0.5, 0.6) is 11.5 Å². The number of sulfone groups is 2. The fraction of sp³-hybridized carbons (Fsp3) is 0.500. The Kier molecular flexibility index (Phi) is 3.97. The van der Waals surface area contributed by atoms with Crippen LogP contribution in [0.4, 0.5) is 0 Å². The molecule has 1 aliphatic heterocycles. The van der Waals surface area contributed by atoms with E-state index >= 15 is 0 Å². The zero-order valence-electron chi connectivity index (χ0n) is 11.2. The van der Waals surface area contributed by atoms with Gasteiger partial charge in [-0.3, -0.25) is 0 Å². The molecule has 0 amide bonds. The molecule has 1 aliphatic rings. The molecule has 0 spiro atoms. The van der Waals surface area contributed by atoms with Gasteiger partial charge in [0.15, 0.2) is 36.3 Å². The molecule has 0 atom stereocenters. The van der Waals surface area contributed by atoms with Crippen LogP contribution in [0.1, 0.15) is 11.5 Å². The highest BCUT2D eigenvalue weighted by Gasteiger charge is 2.36. The van der Waals surface area contributed by atoms with Gasteiger partial charge in [-0.25, -0.2) is 16.8 Å². The Morgan fingerprint density at radius 3 is 2.00 bits per heavy atom. The summed E-state index contributed by atoms with van der Waals surface area (Å²) in [6, 6.07) is 4.93. The molecule has 0 saturated carbocycles. The zero-order chi connectivity index (χ0) is 15.0. The molecule has 20 heavy (non-hydrogen) atoms. The third-order valence-corrected chi connectivity index (χ3v) is 7.84. The summed E-state index contributed by atoms with van der Waals surface area (Å²) in [7, 11) is -4.20. The molecule has 0 aromatic heterocycles. The first kappa shape index (κ1) is 15.1. The molecule has 1 aromatic carbocycles. The maximum Gasteiger partial charge on any atom is 0.165 e. The van der Waals surface area contributed by atoms with Crippen molar-refractivity contribution >= 4 is 19.7 Å². The van der Waals surface area contributed by atoms with Crippen LogP contribution < -0.4 is 9.47 Å². The molecule has 0 bridgehead atoms. The van der Waals surface area contributed by atoms with Crippen molar-refractivity contribution in [3.05, 3.63) is 23.8 Å². The van der Waals surface area contributed by atoms with Gasteiger partial charge in [0, 0.05) is 5.92 Å². The summed E-state index contributed by atoms with van der Waals surface area (Å²) >= 11 is 0. The van der Waals surface area contributed by atoms with Crippen molar-refractivity contribution in [1.82, 2.24) is 0 Å². The molecule has 1 saturated heterocycles. The predicted octanol–water partition coefficient (Wildman–Crippen LogP) is 0.588. The molecule has 2 rings (SSSR count). The van der Waals surface area contributed by atoms with E-state index in [9.17, 15) is 16.8 Å². The molecule has 8 heteroatoms. The van der Waals surface area contributed by atoms with Gasteiger partial charge in [0.25, 0.3) is 0 Å². The van der Waals surface area contributed by atoms with Gasteiger partial charge in [0.05, 0.1) is 25.7 Å². The second-order valence-electron chi connectivity index (χ2n) is 4.75. The lowest BCUT2D eigenvalue weighted by Gasteiger charge is -2.23. The van der Waals surface area contributed by atoms with E-state index in [-0.39, 0.29) is 11.5 Å². The third kappa shape index (κ3) is 3.24. The molecule has 112 valence electrons. The second-order valence-corrected chi connectivity index (χ2v) is 9.33. The lowest BCUT2D eigenvalue weighted by Crippen LogP contribution is -2.34. The maximum absolute atomic E-state index is 11.7. The topological polar surface area (TPSA) is 86.7 Å². The van der Waals surface area contributed by atoms with Gasteiger partial charge in [-0.1, -0.05) is 6.07 Å². The molecule has 1 heterocycles. The molecule has 1 fully saturated rings. The summed E-state index contributed by atoms with van der Waals surface area (Å²) in [6.45, 7) is 0. The van der Waals surface area contributed by atoms with Crippen LogP contribution in [0.25, 0.3) is 0 Å². The lowest BCUT2D eigenvalue weighted by molar-refractivity contribution is 0.354. The van der Waals surface area contributed by atoms with E-state index in [1.54, 1.807) is 18.2 Å². The third-order valence-electron chi connectivity index (χ3n) is 3.15. The molecule has 1 aromatic rings. The SMILES string of the molecule is COc1ccc(C2CS(=O)(=O)CS(=O)(=O)C2)cc1OC. The van der Waals surface area contributed by atoms with Crippen molar-refractivity contribution in [3.8, 4) is 11.5 Å². The Labute approximate surface area is 118 Å². The highest BCUT2D eigenvalue weighted by molar-refractivity contribution is 8.08. The van der Waals surface area contributed by atoms with Gasteiger partial charge < -0.3 is 9.47 Å². The van der Waals surface area contributed by atoms with Crippen molar-refractivity contribution in [2.24, 2.45) is 0 Å². The Hall–Kier alpha value is -1.28. The summed E-state index contributed by atoms with van der Waals surface area (Å²) in [5.74, 6) is 0.0605. The molecular weight excluding hydrogens is 304 g/mol. The Morgan fingerprint density at radius 2 is 1.50 bits per heavy atom. The number of hydrogen-bond acceptors (Lipinski definition) is 6. The number of benzene rings is 1. The summed E-state index contributed by atoms with van der Waals surface area (Å²) in [4.78, 5) is 0. The first-order valence-electron chi connectivity index (χ1n) is 5.89. The van der Waals surface area contributed by atoms with Crippen LogP contribution in [0.2, 0.25) is 0 Å². The van der Waals surface area contributed by atoms with E-state index < -0.39 is 30.7 Å². The van der Waals surface area contributed by atoms with Crippen LogP contribution in [-0.2, 0) is 19.7 Å². The lowest BCUT2D eigenvalue weighted by atomic mass is 10.0. The largest absolute Gasteiger partial charge is 0.493 e. The molecule has 0 radical (unpaired) electrons. The van der Waals surface area contributed by atoms with Gasteiger partial charge in [0.2, 0.25) is 0 Å². The molecular formula is C12H16O6S2. The summed E-state index contributed by atoms with van der Waals surface area (Å²) < 4.78 is 57.0. The highest BCUT2D eigenvalue weighted by atomic mass is 32.3. The van der Waals surface area contributed by atoms with Gasteiger partial charge in [-0.15, -0.1) is 0 Å². The molecule has 0 unspecified atom stereocenters. The zero-order valence-corrected chi connectivity index (χ0v) is 12.8. The fourth-order valence-electron chi connectivity index (χ4n) is 2.33. The first-order chi connectivity index (χ1) is 9.26. The van der Waals surface area contributed by atoms with Crippen molar-refractivity contribution < 1.29 is 26.3 Å². The van der Waals surface area contributed by atoms with Crippen molar-refractivity contribution in [2.45, 2.75) is 5.92 Å². The standard InChI is InChI=1S/C12H16O6S2/c1-17-11-4-3-9(5-12(11)18-2)10-6-19(13,14)8-20(15,16)7-10/h3-5,10H,6-8H2,1-2H3. The van der Waals surface area contributed by atoms with Crippen LogP contribution in [0.15, 0.2) is 18.2 Å². The van der Waals surface area contributed by atoms with Gasteiger partial charge in [-0.2, -0.15) is 0 Å². The monoisotopic (exact) mass is 320 g/mol. The molecule has 6 nitrogen and oxygen atoms in total. The summed E-state index contributed by atoms with van der Waals surface area (Å²) in [5, 5.41) is -0.760. The van der Waals surface area contributed by atoms with E-state index in [2.05, 4.69) is 0 Å². The Balaban J connectivity index is 2.41. The van der Waals surface area contributed by atoms with Crippen LogP contribution >= 0.6 is 0 Å². The maximum atomic E-state index is 11.7. The van der Waals surface area contributed by atoms with E-state index in [0.717, 1.165) is 0 Å². The normalized spacial score (nSPS) is 21.3. The average molecular weight is 320 g/mol. The first-order valence-corrected chi connectivity index (χ1v) is 9.53. The number of rotatable bonds is 3. The minimum Gasteiger partial charge on any atom is -0.493 e. The quantitative estimate of drug-likeness (QED) is 0.810. The van der Waals surface area contributed by atoms with Gasteiger partial charge >= 0.3 is 0 Å². The van der Waals surface area contributed by atoms with E-state index in [1.807, 2.05) is 0 Å². The minimum atomic E-state index is -3.58. The number of methoxy groups -OCH3 is 2. The smallest absolute Gasteiger partial charge is 0.165 e. The van der Waals surface area contributed by atoms with Crippen molar-refractivity contribution in [1.29, 1.82) is 0 Å². The highest BCUT2D eigenvalue weighted by Crippen LogP contribution is 2.33. The number of hydrogen-bond donors (Lipinski definition) is 0. The Morgan fingerprint density at radius 1 is 0.950 bits per heavy atom. The summed E-state index contributed by atoms with van der Waals surface area (Å²) in [6.07, 6.45) is 0. The molecule has 0 aliphatic carbocycles. The van der Waals surface area contributed by atoms with Crippen LogP contribution in [0, 0.1) is 0 Å². The molecule has 0 N–H and O–H groups in total. The van der Waals surface area contributed by atoms with E-state index in [0.29, 0.717) is 17.1 Å². The van der Waals surface area contributed by atoms with Crippen LogP contribution in [0.3, 0.4) is 0 Å². The number of ether oxygens (including phenoxy) is 2. The van der Waals surface area contributed by atoms with E-state index in [4.69, 9.17) is 9.47 Å². The van der Waals surface area contributed by atoms with E-state index in [1.165, 1.54) is 14.2 Å². The van der Waals surface area contributed by atoms with Crippen LogP contribution in [-0.4, -0.2) is 47.6 Å².